The van der Waals surface area contributed by atoms with Crippen molar-refractivity contribution in [3.63, 3.8) is 0 Å². The van der Waals surface area contributed by atoms with E-state index >= 15 is 0 Å². The number of aryl methyl sites for hydroxylation is 1. The van der Waals surface area contributed by atoms with Crippen LogP contribution in [0.4, 0.5) is 0 Å². The van der Waals surface area contributed by atoms with Crippen LogP contribution in [0.5, 0.6) is 0 Å². The van der Waals surface area contributed by atoms with Crippen LogP contribution in [-0.2, 0) is 6.42 Å². The molecule has 4 rings (SSSR count). The number of hydrogen-bond acceptors (Lipinski definition) is 0. The van der Waals surface area contributed by atoms with E-state index in [1.54, 1.807) is 5.56 Å². The molecule has 0 saturated heterocycles. The molecular weight excluding hydrogens is 384 g/mol. The third-order valence-electron chi connectivity index (χ3n) is 8.28. The number of unbranched alkanes of at least 4 members (excludes halogenated alkanes) is 2. The van der Waals surface area contributed by atoms with Gasteiger partial charge in [-0.25, -0.2) is 0 Å². The number of hydrogen-bond donors (Lipinski definition) is 0. The Morgan fingerprint density at radius 2 is 1.34 bits per heavy atom. The molecule has 2 aromatic rings. The van der Waals surface area contributed by atoms with Crippen LogP contribution in [-0.4, -0.2) is 0 Å². The first-order chi connectivity index (χ1) is 15.8. The fraction of sp³-hybridized carbons (Fsp3) is 0.562. The van der Waals surface area contributed by atoms with Gasteiger partial charge < -0.3 is 0 Å². The van der Waals surface area contributed by atoms with E-state index in [0.29, 0.717) is 0 Å². The molecule has 172 valence electrons. The maximum atomic E-state index is 2.60. The van der Waals surface area contributed by atoms with Gasteiger partial charge in [0.15, 0.2) is 0 Å². The zero-order valence-corrected chi connectivity index (χ0v) is 20.6. The molecule has 2 aliphatic rings. The first kappa shape index (κ1) is 23.3. The molecule has 0 nitrogen and oxygen atoms in total. The Morgan fingerprint density at radius 1 is 0.656 bits per heavy atom. The van der Waals surface area contributed by atoms with Crippen molar-refractivity contribution >= 4 is 0 Å². The normalized spacial score (nSPS) is 25.7. The predicted molar refractivity (Wildman–Crippen MR) is 140 cm³/mol. The molecule has 0 heterocycles. The van der Waals surface area contributed by atoms with Crippen LogP contribution in [0.2, 0.25) is 0 Å². The van der Waals surface area contributed by atoms with Crippen molar-refractivity contribution in [1.82, 2.24) is 0 Å². The van der Waals surface area contributed by atoms with Gasteiger partial charge in [0.1, 0.15) is 0 Å². The van der Waals surface area contributed by atoms with Crippen LogP contribution in [0.15, 0.2) is 60.7 Å². The third kappa shape index (κ3) is 6.15. The van der Waals surface area contributed by atoms with Crippen LogP contribution >= 0.6 is 0 Å². The number of rotatable bonds is 9. The van der Waals surface area contributed by atoms with Crippen LogP contribution in [0, 0.1) is 17.8 Å². The Hall–Kier alpha value is -1.82. The van der Waals surface area contributed by atoms with Crippen LogP contribution in [0.3, 0.4) is 0 Å². The largest absolute Gasteiger partial charge is 0.0851 e. The Kier molecular flexibility index (Phi) is 8.66. The molecule has 1 fully saturated rings. The van der Waals surface area contributed by atoms with Gasteiger partial charge in [-0.3, -0.25) is 0 Å². The number of allylic oxidation sites excluding steroid dienone is 2. The van der Waals surface area contributed by atoms with E-state index in [1.807, 2.05) is 0 Å². The second-order valence-corrected chi connectivity index (χ2v) is 10.6. The summed E-state index contributed by atoms with van der Waals surface area (Å²) in [6.07, 6.45) is 21.5. The summed E-state index contributed by atoms with van der Waals surface area (Å²) < 4.78 is 0. The van der Waals surface area contributed by atoms with Crippen molar-refractivity contribution in [2.45, 2.75) is 96.8 Å². The van der Waals surface area contributed by atoms with Crippen molar-refractivity contribution in [2.75, 3.05) is 0 Å². The van der Waals surface area contributed by atoms with E-state index in [-0.39, 0.29) is 0 Å². The SMILES string of the molecule is CCCCCc1ccc(-c2ccc(C3CCC(C4C=CC(CCC)CC4)CC3)cc2)cc1. The average molecular weight is 429 g/mol. The van der Waals surface area contributed by atoms with Gasteiger partial charge in [-0.1, -0.05) is 93.8 Å². The van der Waals surface area contributed by atoms with Crippen molar-refractivity contribution in [3.8, 4) is 11.1 Å². The summed E-state index contributed by atoms with van der Waals surface area (Å²) in [6, 6.07) is 18.8. The molecule has 32 heavy (non-hydrogen) atoms. The Morgan fingerprint density at radius 3 is 1.94 bits per heavy atom. The molecule has 2 unspecified atom stereocenters. The summed E-state index contributed by atoms with van der Waals surface area (Å²) in [4.78, 5) is 0. The molecule has 0 aliphatic heterocycles. The van der Waals surface area contributed by atoms with Gasteiger partial charge in [0.2, 0.25) is 0 Å². The molecule has 2 aliphatic carbocycles. The molecule has 0 radical (unpaired) electrons. The van der Waals surface area contributed by atoms with E-state index in [9.17, 15) is 0 Å². The third-order valence-corrected chi connectivity index (χ3v) is 8.28. The summed E-state index contributed by atoms with van der Waals surface area (Å²) in [5, 5.41) is 0. The fourth-order valence-corrected chi connectivity index (χ4v) is 6.17. The minimum atomic E-state index is 0.765. The molecule has 2 aromatic carbocycles. The van der Waals surface area contributed by atoms with Gasteiger partial charge >= 0.3 is 0 Å². The maximum Gasteiger partial charge on any atom is -0.0162 e. The lowest BCUT2D eigenvalue weighted by Crippen LogP contribution is -2.22. The zero-order valence-electron chi connectivity index (χ0n) is 20.6. The highest BCUT2D eigenvalue weighted by atomic mass is 14.3. The standard InChI is InChI=1S/C32H44/c1-3-5-6-8-26-11-15-28(16-12-26)30-19-23-32(24-20-30)31-21-17-29(18-22-31)27-13-9-25(7-4-2)10-14-27/h9,11-13,15-16,19-20,23-25,27,29,31H,3-8,10,14,17-18,21-22H2,1-2H3. The highest BCUT2D eigenvalue weighted by Gasteiger charge is 2.28. The second-order valence-electron chi connectivity index (χ2n) is 10.6. The maximum absolute atomic E-state index is 2.60. The summed E-state index contributed by atoms with van der Waals surface area (Å²) in [6.45, 7) is 4.59. The summed E-state index contributed by atoms with van der Waals surface area (Å²) in [5.74, 6) is 3.42. The Labute approximate surface area is 197 Å². The average Bonchev–Trinajstić information content (AvgIpc) is 2.86. The first-order valence-corrected chi connectivity index (χ1v) is 13.6. The molecule has 0 amide bonds. The van der Waals surface area contributed by atoms with E-state index in [1.165, 1.54) is 93.7 Å². The van der Waals surface area contributed by atoms with E-state index in [0.717, 1.165) is 23.7 Å². The highest BCUT2D eigenvalue weighted by Crippen LogP contribution is 2.42. The van der Waals surface area contributed by atoms with Crippen LogP contribution < -0.4 is 0 Å². The first-order valence-electron chi connectivity index (χ1n) is 13.6. The van der Waals surface area contributed by atoms with Gasteiger partial charge in [-0.2, -0.15) is 0 Å². The van der Waals surface area contributed by atoms with Crippen molar-refractivity contribution < 1.29 is 0 Å². The van der Waals surface area contributed by atoms with Gasteiger partial charge in [0, 0.05) is 0 Å². The molecule has 0 N–H and O–H groups in total. The molecule has 2 atom stereocenters. The van der Waals surface area contributed by atoms with Gasteiger partial charge in [-0.05, 0) is 104 Å². The lowest BCUT2D eigenvalue weighted by atomic mass is 9.70. The lowest BCUT2D eigenvalue weighted by Gasteiger charge is -2.35. The van der Waals surface area contributed by atoms with Gasteiger partial charge in [0.25, 0.3) is 0 Å². The lowest BCUT2D eigenvalue weighted by molar-refractivity contribution is 0.239. The summed E-state index contributed by atoms with van der Waals surface area (Å²) in [5.41, 5.74) is 5.75. The summed E-state index contributed by atoms with van der Waals surface area (Å²) in [7, 11) is 0. The molecule has 1 saturated carbocycles. The summed E-state index contributed by atoms with van der Waals surface area (Å²) >= 11 is 0. The molecule has 0 bridgehead atoms. The Bertz CT molecular complexity index is 817. The quantitative estimate of drug-likeness (QED) is 0.275. The van der Waals surface area contributed by atoms with Crippen molar-refractivity contribution in [2.24, 2.45) is 17.8 Å². The smallest absolute Gasteiger partial charge is 0.0162 e. The monoisotopic (exact) mass is 428 g/mol. The molecule has 0 spiro atoms. The minimum absolute atomic E-state index is 0.765. The van der Waals surface area contributed by atoms with Gasteiger partial charge in [0.05, 0.1) is 0 Å². The molecule has 0 aromatic heterocycles. The number of benzene rings is 2. The zero-order chi connectivity index (χ0) is 22.2. The van der Waals surface area contributed by atoms with Gasteiger partial charge in [-0.15, -0.1) is 0 Å². The second kappa shape index (κ2) is 11.9. The van der Waals surface area contributed by atoms with Crippen molar-refractivity contribution in [3.05, 3.63) is 71.8 Å². The van der Waals surface area contributed by atoms with E-state index in [4.69, 9.17) is 0 Å². The highest BCUT2D eigenvalue weighted by molar-refractivity contribution is 5.64. The van der Waals surface area contributed by atoms with E-state index < -0.39 is 0 Å². The topological polar surface area (TPSA) is 0 Å². The molecule has 0 heteroatoms. The Balaban J connectivity index is 1.28. The minimum Gasteiger partial charge on any atom is -0.0851 e. The van der Waals surface area contributed by atoms with E-state index in [2.05, 4.69) is 74.5 Å². The van der Waals surface area contributed by atoms with Crippen LogP contribution in [0.25, 0.3) is 11.1 Å². The predicted octanol–water partition coefficient (Wildman–Crippen LogP) is 9.74. The van der Waals surface area contributed by atoms with Crippen LogP contribution in [0.1, 0.15) is 102 Å². The molecular formula is C32H44. The van der Waals surface area contributed by atoms with Crippen molar-refractivity contribution in [1.29, 1.82) is 0 Å². The fourth-order valence-electron chi connectivity index (χ4n) is 6.17.